The predicted molar refractivity (Wildman–Crippen MR) is 125 cm³/mol. The average molecular weight is 473 g/mol. The molecule has 2 amide bonds. The number of methoxy groups -OCH3 is 2. The molecule has 0 spiro atoms. The first-order valence-electron chi connectivity index (χ1n) is 9.73. The summed E-state index contributed by atoms with van der Waals surface area (Å²) in [5.74, 6) is 0.377. The number of para-hydroxylation sites is 2. The highest BCUT2D eigenvalue weighted by Gasteiger charge is 2.20. The summed E-state index contributed by atoms with van der Waals surface area (Å²) >= 11 is 12.3. The zero-order chi connectivity index (χ0) is 23.1. The van der Waals surface area contributed by atoms with Gasteiger partial charge in [0.15, 0.2) is 0 Å². The van der Waals surface area contributed by atoms with Gasteiger partial charge in [-0.1, -0.05) is 59.6 Å². The molecule has 0 aliphatic heterocycles. The molecular weight excluding hydrogens is 451 g/mol. The molecular formula is C24H22Cl2N2O4. The zero-order valence-electron chi connectivity index (χ0n) is 17.6. The number of hydrogen-bond acceptors (Lipinski definition) is 4. The van der Waals surface area contributed by atoms with E-state index in [-0.39, 0.29) is 34.3 Å². The van der Waals surface area contributed by atoms with E-state index in [0.717, 1.165) is 11.1 Å². The molecule has 3 rings (SSSR count). The second kappa shape index (κ2) is 10.9. The van der Waals surface area contributed by atoms with Crippen LogP contribution in [-0.2, 0) is 13.1 Å². The maximum atomic E-state index is 12.9. The number of ether oxygens (including phenoxy) is 2. The van der Waals surface area contributed by atoms with Gasteiger partial charge in [-0.05, 0) is 24.3 Å². The molecule has 0 saturated carbocycles. The number of carbonyl (C=O) groups is 2. The first-order chi connectivity index (χ1) is 15.4. The molecule has 0 aliphatic carbocycles. The topological polar surface area (TPSA) is 76.7 Å². The predicted octanol–water partition coefficient (Wildman–Crippen LogP) is 4.87. The molecule has 32 heavy (non-hydrogen) atoms. The Morgan fingerprint density at radius 2 is 1.09 bits per heavy atom. The number of amides is 2. The summed E-state index contributed by atoms with van der Waals surface area (Å²) in [6.07, 6.45) is 0. The Hall–Kier alpha value is -3.22. The highest BCUT2D eigenvalue weighted by molar-refractivity contribution is 6.42. The monoisotopic (exact) mass is 472 g/mol. The largest absolute Gasteiger partial charge is 0.496 e. The van der Waals surface area contributed by atoms with Crippen LogP contribution in [0.2, 0.25) is 10.0 Å². The molecule has 0 atom stereocenters. The molecule has 166 valence electrons. The van der Waals surface area contributed by atoms with Crippen LogP contribution in [0.3, 0.4) is 0 Å². The highest BCUT2D eigenvalue weighted by Crippen LogP contribution is 2.27. The van der Waals surface area contributed by atoms with Crippen molar-refractivity contribution in [1.29, 1.82) is 0 Å². The van der Waals surface area contributed by atoms with Gasteiger partial charge in [0.2, 0.25) is 0 Å². The highest BCUT2D eigenvalue weighted by atomic mass is 35.5. The van der Waals surface area contributed by atoms with E-state index in [0.29, 0.717) is 11.5 Å². The minimum absolute atomic E-state index is 0.117. The van der Waals surface area contributed by atoms with E-state index in [2.05, 4.69) is 10.6 Å². The van der Waals surface area contributed by atoms with Crippen LogP contribution < -0.4 is 20.1 Å². The molecule has 0 aliphatic rings. The summed E-state index contributed by atoms with van der Waals surface area (Å²) in [5.41, 5.74) is 1.83. The van der Waals surface area contributed by atoms with E-state index in [9.17, 15) is 9.59 Å². The Bertz CT molecular complexity index is 1050. The van der Waals surface area contributed by atoms with Gasteiger partial charge in [-0.15, -0.1) is 0 Å². The third-order valence-electron chi connectivity index (χ3n) is 4.81. The lowest BCUT2D eigenvalue weighted by molar-refractivity contribution is 0.0916. The van der Waals surface area contributed by atoms with E-state index < -0.39 is 11.8 Å². The first kappa shape index (κ1) is 23.4. The molecule has 3 aromatic carbocycles. The van der Waals surface area contributed by atoms with Crippen LogP contribution in [0.25, 0.3) is 0 Å². The molecule has 3 aromatic rings. The lowest BCUT2D eigenvalue weighted by Gasteiger charge is -2.14. The van der Waals surface area contributed by atoms with Crippen molar-refractivity contribution >= 4 is 35.0 Å². The Kier molecular flexibility index (Phi) is 7.98. The van der Waals surface area contributed by atoms with E-state index in [1.807, 2.05) is 36.4 Å². The normalized spacial score (nSPS) is 10.4. The van der Waals surface area contributed by atoms with Crippen molar-refractivity contribution < 1.29 is 19.1 Å². The molecule has 0 unspecified atom stereocenters. The number of nitrogens with one attached hydrogen (secondary N) is 2. The Morgan fingerprint density at radius 1 is 0.719 bits per heavy atom. The van der Waals surface area contributed by atoms with Gasteiger partial charge in [0.05, 0.1) is 35.4 Å². The van der Waals surface area contributed by atoms with Crippen molar-refractivity contribution in [2.24, 2.45) is 0 Å². The smallest absolute Gasteiger partial charge is 0.252 e. The van der Waals surface area contributed by atoms with Gasteiger partial charge in [0.1, 0.15) is 11.5 Å². The minimum atomic E-state index is -0.461. The molecule has 6 nitrogen and oxygen atoms in total. The van der Waals surface area contributed by atoms with Gasteiger partial charge < -0.3 is 20.1 Å². The average Bonchev–Trinajstić information content (AvgIpc) is 2.82. The van der Waals surface area contributed by atoms with E-state index in [1.165, 1.54) is 12.1 Å². The maximum Gasteiger partial charge on any atom is 0.252 e. The standard InChI is InChI=1S/C24H22Cl2N2O4/c1-31-21-9-5-3-7-15(21)13-27-23(29)17-11-19(25)20(26)12-18(17)24(30)28-14-16-8-4-6-10-22(16)32-2/h3-12H,13-14H2,1-2H3,(H,27,29)(H,28,30). The number of benzene rings is 3. The first-order valence-corrected chi connectivity index (χ1v) is 10.5. The van der Waals surface area contributed by atoms with Crippen LogP contribution in [0.15, 0.2) is 60.7 Å². The van der Waals surface area contributed by atoms with Gasteiger partial charge >= 0.3 is 0 Å². The van der Waals surface area contributed by atoms with Crippen LogP contribution in [0.5, 0.6) is 11.5 Å². The molecule has 2 N–H and O–H groups in total. The number of rotatable bonds is 8. The summed E-state index contributed by atoms with van der Waals surface area (Å²) in [5, 5.41) is 5.96. The van der Waals surface area contributed by atoms with Crippen molar-refractivity contribution in [3.8, 4) is 11.5 Å². The molecule has 8 heteroatoms. The van der Waals surface area contributed by atoms with Crippen molar-refractivity contribution in [2.45, 2.75) is 13.1 Å². The second-order valence-electron chi connectivity index (χ2n) is 6.80. The van der Waals surface area contributed by atoms with Crippen LogP contribution in [0, 0.1) is 0 Å². The summed E-state index contributed by atoms with van der Waals surface area (Å²) in [6, 6.07) is 17.4. The molecule has 0 heterocycles. The molecule has 0 saturated heterocycles. The van der Waals surface area contributed by atoms with Crippen LogP contribution in [0.1, 0.15) is 31.8 Å². The molecule has 0 bridgehead atoms. The van der Waals surface area contributed by atoms with Crippen molar-refractivity contribution in [2.75, 3.05) is 14.2 Å². The molecule has 0 fully saturated rings. The van der Waals surface area contributed by atoms with Crippen molar-refractivity contribution in [1.82, 2.24) is 10.6 Å². The summed E-state index contributed by atoms with van der Waals surface area (Å²) in [7, 11) is 3.12. The SMILES string of the molecule is COc1ccccc1CNC(=O)c1cc(Cl)c(Cl)cc1C(=O)NCc1ccccc1OC. The Balaban J connectivity index is 1.80. The van der Waals surface area contributed by atoms with Crippen LogP contribution in [0.4, 0.5) is 0 Å². The van der Waals surface area contributed by atoms with Gasteiger partial charge in [-0.2, -0.15) is 0 Å². The Labute approximate surface area is 196 Å². The number of hydrogen-bond donors (Lipinski definition) is 2. The van der Waals surface area contributed by atoms with E-state index in [1.54, 1.807) is 26.4 Å². The van der Waals surface area contributed by atoms with Gasteiger partial charge in [0.25, 0.3) is 11.8 Å². The number of carbonyl (C=O) groups excluding carboxylic acids is 2. The fraction of sp³-hybridized carbons (Fsp3) is 0.167. The fourth-order valence-electron chi connectivity index (χ4n) is 3.16. The molecule has 0 radical (unpaired) electrons. The molecule has 0 aromatic heterocycles. The lowest BCUT2D eigenvalue weighted by Crippen LogP contribution is -2.29. The zero-order valence-corrected chi connectivity index (χ0v) is 19.1. The quantitative estimate of drug-likeness (QED) is 0.490. The maximum absolute atomic E-state index is 12.9. The van der Waals surface area contributed by atoms with E-state index in [4.69, 9.17) is 32.7 Å². The van der Waals surface area contributed by atoms with Crippen molar-refractivity contribution in [3.05, 3.63) is 93.0 Å². The van der Waals surface area contributed by atoms with Crippen molar-refractivity contribution in [3.63, 3.8) is 0 Å². The number of halogens is 2. The van der Waals surface area contributed by atoms with Gasteiger partial charge in [0, 0.05) is 24.2 Å². The third kappa shape index (κ3) is 5.52. The minimum Gasteiger partial charge on any atom is -0.496 e. The summed E-state index contributed by atoms with van der Waals surface area (Å²) < 4.78 is 10.6. The van der Waals surface area contributed by atoms with E-state index >= 15 is 0 Å². The van der Waals surface area contributed by atoms with Gasteiger partial charge in [-0.25, -0.2) is 0 Å². The third-order valence-corrected chi connectivity index (χ3v) is 5.54. The van der Waals surface area contributed by atoms with Gasteiger partial charge in [-0.3, -0.25) is 9.59 Å². The Morgan fingerprint density at radius 3 is 1.47 bits per heavy atom. The summed E-state index contributed by atoms with van der Waals surface area (Å²) in [4.78, 5) is 25.9. The summed E-state index contributed by atoms with van der Waals surface area (Å²) in [6.45, 7) is 0.427. The van der Waals surface area contributed by atoms with Crippen LogP contribution >= 0.6 is 23.2 Å². The second-order valence-corrected chi connectivity index (χ2v) is 7.62. The fourth-order valence-corrected chi connectivity index (χ4v) is 3.49. The lowest BCUT2D eigenvalue weighted by atomic mass is 10.1. The van der Waals surface area contributed by atoms with Crippen LogP contribution in [-0.4, -0.2) is 26.0 Å².